The molecule has 102 valence electrons. The Hall–Kier alpha value is -1.63. The monoisotopic (exact) mass is 328 g/mol. The topological polar surface area (TPSA) is 88.5 Å². The second kappa shape index (κ2) is 5.16. The van der Waals surface area contributed by atoms with Gasteiger partial charge < -0.3 is 15.2 Å². The lowest BCUT2D eigenvalue weighted by Crippen LogP contribution is -2.47. The molecule has 0 fully saturated rings. The molecule has 6 nitrogen and oxygen atoms in total. The van der Waals surface area contributed by atoms with Crippen molar-refractivity contribution in [3.05, 3.63) is 16.7 Å². The Kier molecular flexibility index (Phi) is 3.75. The van der Waals surface area contributed by atoms with E-state index < -0.39 is 23.9 Å². The van der Waals surface area contributed by atoms with Crippen LogP contribution in [0.15, 0.2) is 16.7 Å². The summed E-state index contributed by atoms with van der Waals surface area (Å²) in [6.45, 7) is 3.48. The predicted molar refractivity (Wildman–Crippen MR) is 70.9 cm³/mol. The SMILES string of the molecule is CC(C)C(C(=O)O)C1Oc2ccc(Br)nc2NC1=O. The Morgan fingerprint density at radius 3 is 2.79 bits per heavy atom. The molecule has 0 bridgehead atoms. The summed E-state index contributed by atoms with van der Waals surface area (Å²) in [6, 6.07) is 3.30. The highest BCUT2D eigenvalue weighted by atomic mass is 79.9. The van der Waals surface area contributed by atoms with Gasteiger partial charge in [0, 0.05) is 0 Å². The van der Waals surface area contributed by atoms with Crippen LogP contribution in [0.25, 0.3) is 0 Å². The Morgan fingerprint density at radius 1 is 1.53 bits per heavy atom. The lowest BCUT2D eigenvalue weighted by Gasteiger charge is -2.30. The summed E-state index contributed by atoms with van der Waals surface area (Å²) < 4.78 is 6.07. The number of hydrogen-bond acceptors (Lipinski definition) is 4. The number of carboxylic acid groups (broad SMARTS) is 1. The molecule has 19 heavy (non-hydrogen) atoms. The lowest BCUT2D eigenvalue weighted by molar-refractivity contribution is -0.151. The number of fused-ring (bicyclic) bond motifs is 1. The van der Waals surface area contributed by atoms with Crippen molar-refractivity contribution in [2.75, 3.05) is 5.32 Å². The zero-order valence-electron chi connectivity index (χ0n) is 10.4. The number of anilines is 1. The largest absolute Gasteiger partial charge is 0.481 e. The van der Waals surface area contributed by atoms with E-state index in [4.69, 9.17) is 4.74 Å². The van der Waals surface area contributed by atoms with E-state index in [0.717, 1.165) is 0 Å². The van der Waals surface area contributed by atoms with Gasteiger partial charge in [-0.1, -0.05) is 13.8 Å². The molecule has 0 saturated carbocycles. The number of pyridine rings is 1. The van der Waals surface area contributed by atoms with Crippen molar-refractivity contribution in [1.82, 2.24) is 4.98 Å². The summed E-state index contributed by atoms with van der Waals surface area (Å²) in [5.41, 5.74) is 0. The molecule has 7 heteroatoms. The zero-order chi connectivity index (χ0) is 14.2. The summed E-state index contributed by atoms with van der Waals surface area (Å²) in [5.74, 6) is -2.00. The molecule has 2 atom stereocenters. The van der Waals surface area contributed by atoms with Crippen molar-refractivity contribution >= 4 is 33.6 Å². The molecule has 0 aromatic carbocycles. The first-order chi connectivity index (χ1) is 8.90. The molecule has 2 rings (SSSR count). The number of carbonyl (C=O) groups excluding carboxylic acids is 1. The van der Waals surface area contributed by atoms with E-state index in [0.29, 0.717) is 16.2 Å². The highest BCUT2D eigenvalue weighted by molar-refractivity contribution is 9.10. The summed E-state index contributed by atoms with van der Waals surface area (Å²) >= 11 is 3.19. The standard InChI is InChI=1S/C12H13BrN2O4/c1-5(2)8(12(17)18)9-11(16)15-10-6(19-9)3-4-7(13)14-10/h3-5,8-9H,1-2H3,(H,17,18)(H,14,15,16). The minimum absolute atomic E-state index is 0.224. The molecule has 1 aromatic rings. The number of rotatable bonds is 3. The van der Waals surface area contributed by atoms with Gasteiger partial charge in [-0.3, -0.25) is 9.59 Å². The molecule has 0 aliphatic carbocycles. The molecule has 1 aliphatic heterocycles. The molecule has 2 heterocycles. The summed E-state index contributed by atoms with van der Waals surface area (Å²) in [4.78, 5) is 27.3. The first-order valence-corrected chi connectivity index (χ1v) is 6.56. The van der Waals surface area contributed by atoms with Crippen molar-refractivity contribution in [3.63, 3.8) is 0 Å². The third-order valence-electron chi connectivity index (χ3n) is 2.91. The number of amides is 1. The maximum Gasteiger partial charge on any atom is 0.311 e. The molecule has 0 radical (unpaired) electrons. The van der Waals surface area contributed by atoms with Gasteiger partial charge in [0.05, 0.1) is 0 Å². The van der Waals surface area contributed by atoms with Crippen molar-refractivity contribution in [1.29, 1.82) is 0 Å². The number of nitrogens with one attached hydrogen (secondary N) is 1. The maximum atomic E-state index is 12.0. The van der Waals surface area contributed by atoms with E-state index >= 15 is 0 Å². The van der Waals surface area contributed by atoms with Gasteiger partial charge in [-0.05, 0) is 34.0 Å². The summed E-state index contributed by atoms with van der Waals surface area (Å²) in [7, 11) is 0. The molecule has 2 unspecified atom stereocenters. The minimum atomic E-state index is -1.05. The number of nitrogens with zero attached hydrogens (tertiary/aromatic N) is 1. The Balaban J connectivity index is 2.33. The van der Waals surface area contributed by atoms with Crippen LogP contribution in [-0.2, 0) is 9.59 Å². The van der Waals surface area contributed by atoms with Crippen LogP contribution in [0, 0.1) is 11.8 Å². The van der Waals surface area contributed by atoms with E-state index in [9.17, 15) is 14.7 Å². The fourth-order valence-electron chi connectivity index (χ4n) is 1.99. The van der Waals surface area contributed by atoms with Crippen LogP contribution in [0.1, 0.15) is 13.8 Å². The van der Waals surface area contributed by atoms with E-state index in [-0.39, 0.29) is 5.92 Å². The third kappa shape index (κ3) is 2.70. The van der Waals surface area contributed by atoms with Gasteiger partial charge in [-0.15, -0.1) is 0 Å². The van der Waals surface area contributed by atoms with Crippen LogP contribution in [0.4, 0.5) is 5.82 Å². The molecule has 0 saturated heterocycles. The van der Waals surface area contributed by atoms with Crippen LogP contribution in [0.5, 0.6) is 5.75 Å². The number of aliphatic carboxylic acids is 1. The first kappa shape index (κ1) is 13.8. The van der Waals surface area contributed by atoms with Crippen molar-refractivity contribution in [2.24, 2.45) is 11.8 Å². The highest BCUT2D eigenvalue weighted by Crippen LogP contribution is 2.32. The number of ether oxygens (including phenoxy) is 1. The molecule has 0 spiro atoms. The number of halogens is 1. The van der Waals surface area contributed by atoms with E-state index in [2.05, 4.69) is 26.2 Å². The number of hydrogen-bond donors (Lipinski definition) is 2. The van der Waals surface area contributed by atoms with Crippen LogP contribution in [0.2, 0.25) is 0 Å². The van der Waals surface area contributed by atoms with Gasteiger partial charge >= 0.3 is 5.97 Å². The molecule has 1 aliphatic rings. The lowest BCUT2D eigenvalue weighted by atomic mass is 9.89. The Bertz CT molecular complexity index is 532. The second-order valence-corrected chi connectivity index (χ2v) is 5.43. The Labute approximate surface area is 118 Å². The van der Waals surface area contributed by atoms with Crippen molar-refractivity contribution in [3.8, 4) is 5.75 Å². The third-order valence-corrected chi connectivity index (χ3v) is 3.35. The zero-order valence-corrected chi connectivity index (χ0v) is 12.0. The van der Waals surface area contributed by atoms with E-state index in [1.54, 1.807) is 26.0 Å². The number of aromatic nitrogens is 1. The van der Waals surface area contributed by atoms with Gasteiger partial charge in [0.1, 0.15) is 10.5 Å². The average molecular weight is 329 g/mol. The highest BCUT2D eigenvalue weighted by Gasteiger charge is 2.41. The average Bonchev–Trinajstić information content (AvgIpc) is 2.29. The Morgan fingerprint density at radius 2 is 2.21 bits per heavy atom. The van der Waals surface area contributed by atoms with Crippen LogP contribution < -0.4 is 10.1 Å². The van der Waals surface area contributed by atoms with Gasteiger partial charge in [-0.2, -0.15) is 0 Å². The van der Waals surface area contributed by atoms with E-state index in [1.165, 1.54) is 0 Å². The first-order valence-electron chi connectivity index (χ1n) is 5.77. The molecule has 1 aromatic heterocycles. The molecular formula is C12H13BrN2O4. The number of carbonyl (C=O) groups is 2. The minimum Gasteiger partial charge on any atom is -0.481 e. The van der Waals surface area contributed by atoms with E-state index in [1.807, 2.05) is 0 Å². The molecule has 1 amide bonds. The van der Waals surface area contributed by atoms with Crippen molar-refractivity contribution in [2.45, 2.75) is 20.0 Å². The maximum absolute atomic E-state index is 12.0. The summed E-state index contributed by atoms with van der Waals surface area (Å²) in [5, 5.41) is 11.8. The van der Waals surface area contributed by atoms with Crippen LogP contribution in [0.3, 0.4) is 0 Å². The normalized spacial score (nSPS) is 19.4. The van der Waals surface area contributed by atoms with Crippen LogP contribution in [-0.4, -0.2) is 28.1 Å². The smallest absolute Gasteiger partial charge is 0.311 e. The molecule has 2 N–H and O–H groups in total. The predicted octanol–water partition coefficient (Wildman–Crippen LogP) is 1.90. The summed E-state index contributed by atoms with van der Waals surface area (Å²) in [6.07, 6.45) is -1.05. The molecular weight excluding hydrogens is 316 g/mol. The fraction of sp³-hybridized carbons (Fsp3) is 0.417. The second-order valence-electron chi connectivity index (χ2n) is 4.62. The van der Waals surface area contributed by atoms with Crippen molar-refractivity contribution < 1.29 is 19.4 Å². The number of carboxylic acids is 1. The fourth-order valence-corrected chi connectivity index (χ4v) is 2.30. The van der Waals surface area contributed by atoms with Gasteiger partial charge in [0.2, 0.25) is 0 Å². The van der Waals surface area contributed by atoms with Gasteiger partial charge in [-0.25, -0.2) is 4.98 Å². The quantitative estimate of drug-likeness (QED) is 0.827. The van der Waals surface area contributed by atoms with Gasteiger partial charge in [0.25, 0.3) is 5.91 Å². The van der Waals surface area contributed by atoms with Gasteiger partial charge in [0.15, 0.2) is 17.7 Å². The van der Waals surface area contributed by atoms with Crippen LogP contribution >= 0.6 is 15.9 Å².